The number of likely N-dealkylation sites (tertiary alicyclic amines) is 1. The van der Waals surface area contributed by atoms with E-state index in [9.17, 15) is 32.8 Å². The van der Waals surface area contributed by atoms with Crippen LogP contribution in [0.1, 0.15) is 27.9 Å². The summed E-state index contributed by atoms with van der Waals surface area (Å²) in [6.07, 6.45) is -2.90. The van der Waals surface area contributed by atoms with Gasteiger partial charge in [-0.25, -0.2) is 9.69 Å². The van der Waals surface area contributed by atoms with Crippen LogP contribution < -0.4 is 4.90 Å². The molecule has 0 spiro atoms. The van der Waals surface area contributed by atoms with Crippen molar-refractivity contribution in [1.29, 1.82) is 5.26 Å². The number of alkyl halides is 3. The van der Waals surface area contributed by atoms with Gasteiger partial charge in [-0.05, 0) is 42.8 Å². The molecule has 0 saturated carbocycles. The number of carbonyl (C=O) groups excluding carboxylic acids is 3. The van der Waals surface area contributed by atoms with Crippen molar-refractivity contribution in [2.45, 2.75) is 30.7 Å². The number of nitrogens with zero attached hydrogens (tertiary/aromatic N) is 5. The number of pyridine rings is 1. The van der Waals surface area contributed by atoms with E-state index in [1.807, 2.05) is 6.07 Å². The van der Waals surface area contributed by atoms with Gasteiger partial charge in [0, 0.05) is 18.1 Å². The summed E-state index contributed by atoms with van der Waals surface area (Å²) >= 11 is 0. The van der Waals surface area contributed by atoms with Crippen molar-refractivity contribution in [2.75, 3.05) is 11.4 Å². The van der Waals surface area contributed by atoms with Crippen LogP contribution in [0.4, 0.5) is 23.7 Å². The molecule has 4 heterocycles. The Balaban J connectivity index is 1.36. The molecule has 0 radical (unpaired) electrons. The van der Waals surface area contributed by atoms with Gasteiger partial charge in [-0.1, -0.05) is 12.1 Å². The minimum absolute atomic E-state index is 0.0364. The lowest BCUT2D eigenvalue weighted by Crippen LogP contribution is -2.55. The van der Waals surface area contributed by atoms with E-state index in [-0.39, 0.29) is 17.8 Å². The second-order valence-electron chi connectivity index (χ2n) is 8.91. The van der Waals surface area contributed by atoms with Gasteiger partial charge in [0.2, 0.25) is 0 Å². The van der Waals surface area contributed by atoms with Crippen molar-refractivity contribution < 1.29 is 27.6 Å². The molecule has 3 aliphatic rings. The second-order valence-corrected chi connectivity index (χ2v) is 8.91. The Bertz CT molecular complexity index is 1510. The Hall–Kier alpha value is -4.46. The zero-order valence-electron chi connectivity index (χ0n) is 18.4. The average Bonchev–Trinajstić information content (AvgIpc) is 3.54. The van der Waals surface area contributed by atoms with Crippen molar-refractivity contribution in [3.05, 3.63) is 71.4 Å². The highest BCUT2D eigenvalue weighted by atomic mass is 19.4. The van der Waals surface area contributed by atoms with Crippen molar-refractivity contribution in [3.63, 3.8) is 0 Å². The Morgan fingerprint density at radius 3 is 2.61 bits per heavy atom. The molecule has 3 fully saturated rings. The number of urea groups is 1. The zero-order valence-corrected chi connectivity index (χ0v) is 18.4. The minimum Gasteiger partial charge on any atom is -0.331 e. The molecule has 2 unspecified atom stereocenters. The van der Waals surface area contributed by atoms with Gasteiger partial charge in [-0.15, -0.1) is 0 Å². The van der Waals surface area contributed by atoms with Gasteiger partial charge in [0.05, 0.1) is 40.0 Å². The number of carbonyl (C=O) groups is 3. The predicted molar refractivity (Wildman–Crippen MR) is 120 cm³/mol. The van der Waals surface area contributed by atoms with E-state index in [4.69, 9.17) is 0 Å². The molecule has 0 N–H and O–H groups in total. The highest BCUT2D eigenvalue weighted by molar-refractivity contribution is 6.25. The number of amides is 4. The molecule has 6 rings (SSSR count). The van der Waals surface area contributed by atoms with Crippen LogP contribution in [-0.4, -0.2) is 57.3 Å². The van der Waals surface area contributed by atoms with Crippen LogP contribution in [0, 0.1) is 11.3 Å². The first kappa shape index (κ1) is 22.0. The van der Waals surface area contributed by atoms with Crippen molar-refractivity contribution in [3.8, 4) is 6.07 Å². The normalized spacial score (nSPS) is 22.9. The predicted octanol–water partition coefficient (Wildman–Crippen LogP) is 3.56. The molecule has 11 heteroatoms. The molecule has 2 bridgehead atoms. The summed E-state index contributed by atoms with van der Waals surface area (Å²) in [7, 11) is 0. The quantitative estimate of drug-likeness (QED) is 0.511. The second kappa shape index (κ2) is 7.52. The average molecular weight is 491 g/mol. The maximum atomic E-state index is 13.6. The Morgan fingerprint density at radius 1 is 1.08 bits per heavy atom. The maximum absolute atomic E-state index is 13.6. The fourth-order valence-corrected chi connectivity index (χ4v) is 5.63. The highest BCUT2D eigenvalue weighted by Crippen LogP contribution is 2.44. The number of hydrogen-bond acceptors (Lipinski definition) is 5. The van der Waals surface area contributed by atoms with Gasteiger partial charge in [-0.2, -0.15) is 18.4 Å². The lowest BCUT2D eigenvalue weighted by atomic mass is 10.0. The van der Waals surface area contributed by atoms with E-state index in [1.54, 1.807) is 12.1 Å². The van der Waals surface area contributed by atoms with Crippen LogP contribution in [0.5, 0.6) is 0 Å². The van der Waals surface area contributed by atoms with Gasteiger partial charge in [-0.3, -0.25) is 14.6 Å². The van der Waals surface area contributed by atoms with Gasteiger partial charge in [0.25, 0.3) is 11.8 Å². The van der Waals surface area contributed by atoms with E-state index in [0.717, 1.165) is 17.0 Å². The Morgan fingerprint density at radius 2 is 1.86 bits per heavy atom. The van der Waals surface area contributed by atoms with Gasteiger partial charge >= 0.3 is 12.2 Å². The number of piperazine rings is 1. The van der Waals surface area contributed by atoms with Crippen LogP contribution in [0.15, 0.2) is 54.7 Å². The molecule has 3 saturated heterocycles. The molecule has 0 aliphatic carbocycles. The number of nitriles is 1. The zero-order chi connectivity index (χ0) is 25.4. The number of hydrogen-bond donors (Lipinski definition) is 0. The van der Waals surface area contributed by atoms with E-state index in [1.165, 1.54) is 40.3 Å². The van der Waals surface area contributed by atoms with Gasteiger partial charge < -0.3 is 9.80 Å². The molecule has 3 atom stereocenters. The number of benzene rings is 2. The largest absolute Gasteiger partial charge is 0.417 e. The third kappa shape index (κ3) is 2.94. The molecular weight excluding hydrogens is 475 g/mol. The van der Waals surface area contributed by atoms with Gasteiger partial charge in [0.1, 0.15) is 12.1 Å². The number of fused-ring (bicyclic) bond motifs is 6. The molecule has 8 nitrogen and oxygen atoms in total. The van der Waals surface area contributed by atoms with E-state index < -0.39 is 53.3 Å². The monoisotopic (exact) mass is 491 g/mol. The standard InChI is InChI=1S/C25H16F3N5O3/c26-25(27,28)17-6-2-1-4-15(17)22(34)31-12-14-10-19(31)21-23(35)33(24(36)32(14)21)18-8-7-13(11-29)20-16(18)5-3-9-30-20/h1-9,14,19,21H,10,12H2/t14?,19?,21-/m0/s1. The molecule has 2 aromatic carbocycles. The Labute approximate surface area is 202 Å². The molecule has 4 amide bonds. The lowest BCUT2D eigenvalue weighted by molar-refractivity contribution is -0.138. The molecule has 3 aliphatic heterocycles. The fourth-order valence-electron chi connectivity index (χ4n) is 5.63. The van der Waals surface area contributed by atoms with Crippen LogP contribution in [0.25, 0.3) is 10.9 Å². The van der Waals surface area contributed by atoms with E-state index in [0.29, 0.717) is 17.3 Å². The fraction of sp³-hybridized carbons (Fsp3) is 0.240. The summed E-state index contributed by atoms with van der Waals surface area (Å²) in [5.74, 6) is -1.38. The SMILES string of the molecule is N#Cc1ccc(N2C(=O)[C@@H]3C4CC(CN4C(=O)c4ccccc4C(F)(F)F)N3C2=O)c2cccnc12. The lowest BCUT2D eigenvalue weighted by Gasteiger charge is -2.35. The molecule has 36 heavy (non-hydrogen) atoms. The van der Waals surface area contributed by atoms with Crippen LogP contribution in [0.2, 0.25) is 0 Å². The smallest absolute Gasteiger partial charge is 0.331 e. The summed E-state index contributed by atoms with van der Waals surface area (Å²) < 4.78 is 40.6. The van der Waals surface area contributed by atoms with Gasteiger partial charge in [0.15, 0.2) is 0 Å². The van der Waals surface area contributed by atoms with Crippen LogP contribution in [-0.2, 0) is 11.0 Å². The highest BCUT2D eigenvalue weighted by Gasteiger charge is 2.63. The Kier molecular flexibility index (Phi) is 4.60. The first-order valence-corrected chi connectivity index (χ1v) is 11.1. The van der Waals surface area contributed by atoms with Crippen LogP contribution in [0.3, 0.4) is 0 Å². The number of halogens is 3. The van der Waals surface area contributed by atoms with Crippen molar-refractivity contribution >= 4 is 34.4 Å². The minimum atomic E-state index is -4.71. The first-order chi connectivity index (χ1) is 17.2. The third-order valence-electron chi connectivity index (χ3n) is 7.10. The number of anilines is 1. The summed E-state index contributed by atoms with van der Waals surface area (Å²) in [5.41, 5.74) is -0.632. The van der Waals surface area contributed by atoms with E-state index >= 15 is 0 Å². The van der Waals surface area contributed by atoms with E-state index in [2.05, 4.69) is 4.98 Å². The third-order valence-corrected chi connectivity index (χ3v) is 7.10. The number of imide groups is 1. The maximum Gasteiger partial charge on any atom is 0.417 e. The van der Waals surface area contributed by atoms with Crippen molar-refractivity contribution in [1.82, 2.24) is 14.8 Å². The summed E-state index contributed by atoms with van der Waals surface area (Å²) in [5, 5.41) is 9.84. The summed E-state index contributed by atoms with van der Waals surface area (Å²) in [6.45, 7) is 0.0364. The summed E-state index contributed by atoms with van der Waals surface area (Å²) in [4.78, 5) is 48.2. The topological polar surface area (TPSA) is 97.6 Å². The molecule has 180 valence electrons. The first-order valence-electron chi connectivity index (χ1n) is 11.1. The van der Waals surface area contributed by atoms with Crippen LogP contribution >= 0.6 is 0 Å². The van der Waals surface area contributed by atoms with Crippen molar-refractivity contribution in [2.24, 2.45) is 0 Å². The number of aromatic nitrogens is 1. The summed E-state index contributed by atoms with van der Waals surface area (Å²) in [6, 6.07) is 10.1. The molecule has 1 aromatic heterocycles. The number of rotatable bonds is 2. The molecule has 3 aromatic rings. The molecular formula is C25H16F3N5O3.